The molecule has 1 fully saturated rings. The standard InChI is InChI=1S/C19H26N4O2S/c1-13(2)15-6-8-16(9-7-15)26(24,25)17-11-21-19(22-18(17)20)23-10-4-5-14(3)12-23/h6-9,11,13-14H,4-5,10,12H2,1-3H3,(H2,20,21,22). The van der Waals surface area contributed by atoms with Gasteiger partial charge in [-0.05, 0) is 42.4 Å². The Kier molecular flexibility index (Phi) is 5.18. The van der Waals surface area contributed by atoms with E-state index >= 15 is 0 Å². The molecule has 0 radical (unpaired) electrons. The first-order chi connectivity index (χ1) is 12.3. The predicted octanol–water partition coefficient (Wildman–Crippen LogP) is 3.25. The van der Waals surface area contributed by atoms with Crippen molar-refractivity contribution in [1.29, 1.82) is 0 Å². The second kappa shape index (κ2) is 7.23. The van der Waals surface area contributed by atoms with Crippen molar-refractivity contribution < 1.29 is 8.42 Å². The normalized spacial score (nSPS) is 18.3. The van der Waals surface area contributed by atoms with Gasteiger partial charge in [-0.3, -0.25) is 0 Å². The lowest BCUT2D eigenvalue weighted by Gasteiger charge is -2.31. The minimum atomic E-state index is -3.74. The zero-order valence-corrected chi connectivity index (χ0v) is 16.3. The Hall–Kier alpha value is -2.15. The highest BCUT2D eigenvalue weighted by Gasteiger charge is 2.25. The maximum absolute atomic E-state index is 12.9. The van der Waals surface area contributed by atoms with Crippen molar-refractivity contribution in [3.8, 4) is 0 Å². The van der Waals surface area contributed by atoms with Crippen LogP contribution in [0.25, 0.3) is 0 Å². The molecule has 0 aliphatic carbocycles. The lowest BCUT2D eigenvalue weighted by molar-refractivity contribution is 0.442. The van der Waals surface area contributed by atoms with E-state index < -0.39 is 9.84 Å². The van der Waals surface area contributed by atoms with Crippen LogP contribution in [0.4, 0.5) is 11.8 Å². The number of rotatable bonds is 4. The number of benzene rings is 1. The molecule has 2 aromatic rings. The van der Waals surface area contributed by atoms with Crippen LogP contribution in [0.2, 0.25) is 0 Å². The molecule has 2 heterocycles. The van der Waals surface area contributed by atoms with E-state index in [-0.39, 0.29) is 15.6 Å². The molecular weight excluding hydrogens is 348 g/mol. The zero-order chi connectivity index (χ0) is 18.9. The van der Waals surface area contributed by atoms with Gasteiger partial charge in [0.05, 0.1) is 11.1 Å². The molecule has 26 heavy (non-hydrogen) atoms. The molecule has 0 saturated carbocycles. The Bertz CT molecular complexity index is 879. The summed E-state index contributed by atoms with van der Waals surface area (Å²) >= 11 is 0. The molecule has 1 aromatic carbocycles. The molecule has 6 nitrogen and oxygen atoms in total. The van der Waals surface area contributed by atoms with Gasteiger partial charge in [0.2, 0.25) is 15.8 Å². The van der Waals surface area contributed by atoms with Gasteiger partial charge >= 0.3 is 0 Å². The number of nitrogen functional groups attached to an aromatic ring is 1. The van der Waals surface area contributed by atoms with Crippen molar-refractivity contribution in [2.75, 3.05) is 23.7 Å². The third kappa shape index (κ3) is 3.67. The van der Waals surface area contributed by atoms with Crippen molar-refractivity contribution in [3.05, 3.63) is 36.0 Å². The maximum Gasteiger partial charge on any atom is 0.227 e. The topological polar surface area (TPSA) is 89.2 Å². The average Bonchev–Trinajstić information content (AvgIpc) is 2.61. The highest BCUT2D eigenvalue weighted by Crippen LogP contribution is 2.28. The summed E-state index contributed by atoms with van der Waals surface area (Å²) in [6.45, 7) is 8.05. The highest BCUT2D eigenvalue weighted by atomic mass is 32.2. The van der Waals surface area contributed by atoms with E-state index in [4.69, 9.17) is 5.73 Å². The third-order valence-corrected chi connectivity index (χ3v) is 6.64. The largest absolute Gasteiger partial charge is 0.382 e. The van der Waals surface area contributed by atoms with Crippen LogP contribution >= 0.6 is 0 Å². The number of nitrogens with zero attached hydrogens (tertiary/aromatic N) is 3. The van der Waals surface area contributed by atoms with Gasteiger partial charge in [-0.25, -0.2) is 13.4 Å². The van der Waals surface area contributed by atoms with Crippen molar-refractivity contribution in [3.63, 3.8) is 0 Å². The van der Waals surface area contributed by atoms with Crippen LogP contribution in [0.1, 0.15) is 45.1 Å². The molecule has 140 valence electrons. The van der Waals surface area contributed by atoms with Crippen LogP contribution in [0.15, 0.2) is 40.3 Å². The highest BCUT2D eigenvalue weighted by molar-refractivity contribution is 7.91. The average molecular weight is 375 g/mol. The lowest BCUT2D eigenvalue weighted by atomic mass is 10.0. The Balaban J connectivity index is 1.90. The number of nitrogens with two attached hydrogens (primary N) is 1. The van der Waals surface area contributed by atoms with Gasteiger partial charge in [-0.2, -0.15) is 4.98 Å². The van der Waals surface area contributed by atoms with E-state index in [9.17, 15) is 8.42 Å². The molecule has 0 amide bonds. The number of sulfone groups is 1. The fourth-order valence-corrected chi connectivity index (χ4v) is 4.52. The summed E-state index contributed by atoms with van der Waals surface area (Å²) in [6.07, 6.45) is 3.60. The molecule has 0 spiro atoms. The van der Waals surface area contributed by atoms with E-state index in [2.05, 4.69) is 35.6 Å². The van der Waals surface area contributed by atoms with Crippen molar-refractivity contribution >= 4 is 21.6 Å². The van der Waals surface area contributed by atoms with Crippen molar-refractivity contribution in [1.82, 2.24) is 9.97 Å². The van der Waals surface area contributed by atoms with Gasteiger partial charge in [0.25, 0.3) is 0 Å². The fourth-order valence-electron chi connectivity index (χ4n) is 3.26. The minimum Gasteiger partial charge on any atom is -0.382 e. The summed E-state index contributed by atoms with van der Waals surface area (Å²) in [4.78, 5) is 10.8. The van der Waals surface area contributed by atoms with E-state index in [0.29, 0.717) is 17.8 Å². The number of anilines is 2. The van der Waals surface area contributed by atoms with Gasteiger partial charge in [-0.15, -0.1) is 0 Å². The van der Waals surface area contributed by atoms with E-state index in [1.807, 2.05) is 12.1 Å². The second-order valence-electron chi connectivity index (χ2n) is 7.34. The molecule has 1 aromatic heterocycles. The molecule has 2 N–H and O–H groups in total. The van der Waals surface area contributed by atoms with Crippen LogP contribution in [0.5, 0.6) is 0 Å². The smallest absolute Gasteiger partial charge is 0.227 e. The Morgan fingerprint density at radius 1 is 1.23 bits per heavy atom. The van der Waals surface area contributed by atoms with E-state index in [1.165, 1.54) is 12.6 Å². The van der Waals surface area contributed by atoms with Gasteiger partial charge in [-0.1, -0.05) is 32.9 Å². The van der Waals surface area contributed by atoms with Crippen LogP contribution in [0.3, 0.4) is 0 Å². The molecule has 7 heteroatoms. The minimum absolute atomic E-state index is 0.00108. The summed E-state index contributed by atoms with van der Waals surface area (Å²) in [5.41, 5.74) is 7.09. The number of aromatic nitrogens is 2. The summed E-state index contributed by atoms with van der Waals surface area (Å²) in [5, 5.41) is 0. The van der Waals surface area contributed by atoms with Gasteiger partial charge in [0.15, 0.2) is 0 Å². The van der Waals surface area contributed by atoms with Crippen molar-refractivity contribution in [2.45, 2.75) is 49.3 Å². The first-order valence-electron chi connectivity index (χ1n) is 9.01. The SMILES string of the molecule is CC1CCCN(c2ncc(S(=O)(=O)c3ccc(C(C)C)cc3)c(N)n2)C1. The molecule has 3 rings (SSSR count). The van der Waals surface area contributed by atoms with Crippen molar-refractivity contribution in [2.24, 2.45) is 5.92 Å². The van der Waals surface area contributed by atoms with E-state index in [0.717, 1.165) is 25.1 Å². The monoisotopic (exact) mass is 374 g/mol. The molecule has 1 saturated heterocycles. The second-order valence-corrected chi connectivity index (χ2v) is 9.26. The number of hydrogen-bond donors (Lipinski definition) is 1. The quantitative estimate of drug-likeness (QED) is 0.883. The summed E-state index contributed by atoms with van der Waals surface area (Å²) < 4.78 is 25.8. The van der Waals surface area contributed by atoms with Crippen LogP contribution in [0, 0.1) is 5.92 Å². The molecule has 1 aliphatic rings. The van der Waals surface area contributed by atoms with Gasteiger partial charge in [0.1, 0.15) is 10.7 Å². The third-order valence-electron chi connectivity index (χ3n) is 4.86. The maximum atomic E-state index is 12.9. The number of hydrogen-bond acceptors (Lipinski definition) is 6. The Morgan fingerprint density at radius 3 is 2.50 bits per heavy atom. The summed E-state index contributed by atoms with van der Waals surface area (Å²) in [5.74, 6) is 1.41. The lowest BCUT2D eigenvalue weighted by Crippen LogP contribution is -2.35. The molecule has 1 atom stereocenters. The molecular formula is C19H26N4O2S. The summed E-state index contributed by atoms with van der Waals surface area (Å²) in [6, 6.07) is 6.89. The number of piperidine rings is 1. The van der Waals surface area contributed by atoms with E-state index in [1.54, 1.807) is 12.1 Å². The first-order valence-corrected chi connectivity index (χ1v) is 10.5. The fraction of sp³-hybridized carbons (Fsp3) is 0.474. The van der Waals surface area contributed by atoms with Crippen LogP contribution in [-0.4, -0.2) is 31.5 Å². The molecule has 1 unspecified atom stereocenters. The molecule has 1 aliphatic heterocycles. The van der Waals surface area contributed by atoms with Crippen LogP contribution in [-0.2, 0) is 9.84 Å². The first kappa shape index (κ1) is 18.6. The zero-order valence-electron chi connectivity index (χ0n) is 15.5. The van der Waals surface area contributed by atoms with Gasteiger partial charge in [0, 0.05) is 13.1 Å². The van der Waals surface area contributed by atoms with Gasteiger partial charge < -0.3 is 10.6 Å². The van der Waals surface area contributed by atoms with Crippen LogP contribution < -0.4 is 10.6 Å². The molecule has 0 bridgehead atoms. The summed E-state index contributed by atoms with van der Waals surface area (Å²) in [7, 11) is -3.74. The predicted molar refractivity (Wildman–Crippen MR) is 103 cm³/mol. The Labute approximate surface area is 155 Å². The Morgan fingerprint density at radius 2 is 1.92 bits per heavy atom.